The Bertz CT molecular complexity index is 762. The molecule has 1 heterocycles. The lowest BCUT2D eigenvalue weighted by Crippen LogP contribution is -2.48. The number of hydrogen-bond donors (Lipinski definition) is 0. The lowest BCUT2D eigenvalue weighted by molar-refractivity contribution is -0.145. The molecule has 0 spiro atoms. The van der Waals surface area contributed by atoms with Crippen molar-refractivity contribution in [1.82, 2.24) is 0 Å². The molecule has 6 nitrogen and oxygen atoms in total. The standard InChI is InChI=1S/C20H21NO5/c1-24-19(22)13-18-20(23)21(16-9-5-6-10-17(16)26-18)11-12-25-14-15-7-3-2-4-8-15/h2-10,18H,11-14H2,1H3/t18-/m1/s1. The molecule has 0 unspecified atom stereocenters. The van der Waals surface area contributed by atoms with E-state index in [1.807, 2.05) is 48.5 Å². The Morgan fingerprint density at radius 3 is 2.62 bits per heavy atom. The lowest BCUT2D eigenvalue weighted by atomic mass is 10.1. The zero-order valence-electron chi connectivity index (χ0n) is 14.6. The van der Waals surface area contributed by atoms with Crippen LogP contribution in [0.4, 0.5) is 5.69 Å². The minimum Gasteiger partial charge on any atom is -0.478 e. The Balaban J connectivity index is 1.65. The number of fused-ring (bicyclic) bond motifs is 1. The maximum absolute atomic E-state index is 12.7. The smallest absolute Gasteiger partial charge is 0.309 e. The SMILES string of the molecule is COC(=O)C[C@H]1Oc2ccccc2N(CCOCc2ccccc2)C1=O. The fourth-order valence-corrected chi connectivity index (χ4v) is 2.79. The number of rotatable bonds is 7. The van der Waals surface area contributed by atoms with Crippen molar-refractivity contribution >= 4 is 17.6 Å². The van der Waals surface area contributed by atoms with Gasteiger partial charge >= 0.3 is 5.97 Å². The summed E-state index contributed by atoms with van der Waals surface area (Å²) < 4.78 is 16.0. The van der Waals surface area contributed by atoms with Crippen LogP contribution in [0.2, 0.25) is 0 Å². The summed E-state index contributed by atoms with van der Waals surface area (Å²) >= 11 is 0. The number of nitrogens with zero attached hydrogens (tertiary/aromatic N) is 1. The fourth-order valence-electron chi connectivity index (χ4n) is 2.79. The second-order valence-electron chi connectivity index (χ2n) is 5.88. The Kier molecular flexibility index (Phi) is 5.86. The van der Waals surface area contributed by atoms with E-state index in [1.54, 1.807) is 11.0 Å². The Morgan fingerprint density at radius 1 is 1.12 bits per heavy atom. The topological polar surface area (TPSA) is 65.1 Å². The summed E-state index contributed by atoms with van der Waals surface area (Å²) in [4.78, 5) is 25.9. The molecular formula is C20H21NO5. The van der Waals surface area contributed by atoms with Crippen molar-refractivity contribution in [2.75, 3.05) is 25.2 Å². The molecule has 0 radical (unpaired) electrons. The van der Waals surface area contributed by atoms with Gasteiger partial charge in [-0.25, -0.2) is 0 Å². The zero-order valence-corrected chi connectivity index (χ0v) is 14.6. The highest BCUT2D eigenvalue weighted by molar-refractivity contribution is 6.01. The number of amides is 1. The van der Waals surface area contributed by atoms with Crippen LogP contribution in [0.25, 0.3) is 0 Å². The molecule has 1 atom stereocenters. The van der Waals surface area contributed by atoms with Gasteiger partial charge in [-0.15, -0.1) is 0 Å². The van der Waals surface area contributed by atoms with Crippen LogP contribution in [-0.2, 0) is 25.7 Å². The predicted molar refractivity (Wildman–Crippen MR) is 95.9 cm³/mol. The molecule has 0 fully saturated rings. The summed E-state index contributed by atoms with van der Waals surface area (Å²) in [7, 11) is 1.29. The summed E-state index contributed by atoms with van der Waals surface area (Å²) in [6, 6.07) is 17.1. The van der Waals surface area contributed by atoms with Gasteiger partial charge in [0.25, 0.3) is 5.91 Å². The molecule has 0 saturated carbocycles. The van der Waals surface area contributed by atoms with Crippen molar-refractivity contribution in [3.8, 4) is 5.75 Å². The molecule has 3 rings (SSSR count). The molecule has 0 saturated heterocycles. The summed E-state index contributed by atoms with van der Waals surface area (Å²) in [6.45, 7) is 1.23. The van der Waals surface area contributed by atoms with E-state index in [9.17, 15) is 9.59 Å². The molecule has 0 bridgehead atoms. The molecule has 0 N–H and O–H groups in total. The van der Waals surface area contributed by atoms with Gasteiger partial charge in [0.15, 0.2) is 6.10 Å². The van der Waals surface area contributed by atoms with Gasteiger partial charge in [0.2, 0.25) is 0 Å². The second kappa shape index (κ2) is 8.49. The third-order valence-corrected chi connectivity index (χ3v) is 4.12. The Morgan fingerprint density at radius 2 is 1.85 bits per heavy atom. The van der Waals surface area contributed by atoms with Crippen molar-refractivity contribution in [3.63, 3.8) is 0 Å². The predicted octanol–water partition coefficient (Wildman–Crippen LogP) is 2.56. The number of hydrogen-bond acceptors (Lipinski definition) is 5. The minimum absolute atomic E-state index is 0.120. The van der Waals surface area contributed by atoms with E-state index in [-0.39, 0.29) is 12.3 Å². The zero-order chi connectivity index (χ0) is 18.4. The van der Waals surface area contributed by atoms with Crippen LogP contribution in [-0.4, -0.2) is 38.2 Å². The van der Waals surface area contributed by atoms with Gasteiger partial charge in [0.05, 0.1) is 32.4 Å². The molecule has 0 aromatic heterocycles. The normalized spacial score (nSPS) is 16.0. The monoisotopic (exact) mass is 355 g/mol. The van der Waals surface area contributed by atoms with Crippen molar-refractivity contribution in [2.45, 2.75) is 19.1 Å². The molecule has 2 aromatic rings. The van der Waals surface area contributed by atoms with E-state index in [2.05, 4.69) is 4.74 Å². The van der Waals surface area contributed by atoms with E-state index in [0.29, 0.717) is 31.2 Å². The molecule has 136 valence electrons. The maximum atomic E-state index is 12.7. The summed E-state index contributed by atoms with van der Waals surface area (Å²) in [5.74, 6) is -0.176. The average Bonchev–Trinajstić information content (AvgIpc) is 2.68. The third-order valence-electron chi connectivity index (χ3n) is 4.12. The number of anilines is 1. The minimum atomic E-state index is -0.883. The number of carbonyl (C=O) groups excluding carboxylic acids is 2. The van der Waals surface area contributed by atoms with Crippen molar-refractivity contribution in [3.05, 3.63) is 60.2 Å². The lowest BCUT2D eigenvalue weighted by Gasteiger charge is -2.34. The van der Waals surface area contributed by atoms with Crippen LogP contribution in [0.3, 0.4) is 0 Å². The van der Waals surface area contributed by atoms with Gasteiger partial charge in [0.1, 0.15) is 5.75 Å². The van der Waals surface area contributed by atoms with E-state index >= 15 is 0 Å². The maximum Gasteiger partial charge on any atom is 0.309 e. The Hall–Kier alpha value is -2.86. The van der Waals surface area contributed by atoms with Crippen LogP contribution in [0.15, 0.2) is 54.6 Å². The van der Waals surface area contributed by atoms with E-state index in [4.69, 9.17) is 9.47 Å². The first-order valence-electron chi connectivity index (χ1n) is 8.44. The van der Waals surface area contributed by atoms with Crippen LogP contribution in [0.5, 0.6) is 5.75 Å². The van der Waals surface area contributed by atoms with Gasteiger partial charge in [-0.2, -0.15) is 0 Å². The van der Waals surface area contributed by atoms with Gasteiger partial charge < -0.3 is 19.1 Å². The first-order valence-corrected chi connectivity index (χ1v) is 8.44. The number of benzene rings is 2. The summed E-state index contributed by atoms with van der Waals surface area (Å²) in [5.41, 5.74) is 1.76. The second-order valence-corrected chi connectivity index (χ2v) is 5.88. The average molecular weight is 355 g/mol. The molecule has 1 aliphatic heterocycles. The fraction of sp³-hybridized carbons (Fsp3) is 0.300. The van der Waals surface area contributed by atoms with Crippen LogP contribution in [0, 0.1) is 0 Å². The van der Waals surface area contributed by atoms with Crippen molar-refractivity contribution in [2.24, 2.45) is 0 Å². The van der Waals surface area contributed by atoms with Gasteiger partial charge in [0, 0.05) is 6.54 Å². The molecule has 26 heavy (non-hydrogen) atoms. The molecule has 6 heteroatoms. The molecule has 2 aromatic carbocycles. The summed E-state index contributed by atoms with van der Waals surface area (Å²) in [6.07, 6.45) is -1.00. The highest BCUT2D eigenvalue weighted by Crippen LogP contribution is 2.34. The van der Waals surface area contributed by atoms with Gasteiger partial charge in [-0.1, -0.05) is 42.5 Å². The number of esters is 1. The van der Waals surface area contributed by atoms with Crippen LogP contribution >= 0.6 is 0 Å². The number of methoxy groups -OCH3 is 1. The first kappa shape index (κ1) is 17.9. The molecular weight excluding hydrogens is 334 g/mol. The summed E-state index contributed by atoms with van der Waals surface area (Å²) in [5, 5.41) is 0. The van der Waals surface area contributed by atoms with Gasteiger partial charge in [-0.05, 0) is 17.7 Å². The molecule has 1 aliphatic rings. The largest absolute Gasteiger partial charge is 0.478 e. The van der Waals surface area contributed by atoms with Crippen molar-refractivity contribution in [1.29, 1.82) is 0 Å². The molecule has 1 amide bonds. The third kappa shape index (κ3) is 4.21. The highest BCUT2D eigenvalue weighted by atomic mass is 16.5. The quantitative estimate of drug-likeness (QED) is 0.564. The number of ether oxygens (including phenoxy) is 3. The Labute approximate surface area is 152 Å². The van der Waals surface area contributed by atoms with E-state index in [1.165, 1.54) is 7.11 Å². The highest BCUT2D eigenvalue weighted by Gasteiger charge is 2.35. The van der Waals surface area contributed by atoms with E-state index in [0.717, 1.165) is 5.56 Å². The number of carbonyl (C=O) groups is 2. The van der Waals surface area contributed by atoms with E-state index < -0.39 is 12.1 Å². The first-order chi connectivity index (χ1) is 12.7. The molecule has 0 aliphatic carbocycles. The van der Waals surface area contributed by atoms with Crippen LogP contribution < -0.4 is 9.64 Å². The van der Waals surface area contributed by atoms with Crippen LogP contribution in [0.1, 0.15) is 12.0 Å². The van der Waals surface area contributed by atoms with Crippen molar-refractivity contribution < 1.29 is 23.8 Å². The number of para-hydroxylation sites is 2. The van der Waals surface area contributed by atoms with Gasteiger partial charge in [-0.3, -0.25) is 9.59 Å².